The number of carbonyl (C=O) groups excluding carboxylic acids is 1. The second kappa shape index (κ2) is 10.2. The van der Waals surface area contributed by atoms with Gasteiger partial charge in [0, 0.05) is 22.2 Å². The first-order valence-electron chi connectivity index (χ1n) is 8.09. The van der Waals surface area contributed by atoms with Gasteiger partial charge in [-0.15, -0.1) is 11.8 Å². The van der Waals surface area contributed by atoms with E-state index < -0.39 is 6.10 Å². The van der Waals surface area contributed by atoms with Crippen molar-refractivity contribution in [2.24, 2.45) is 0 Å². The van der Waals surface area contributed by atoms with Crippen molar-refractivity contribution in [1.29, 1.82) is 0 Å². The summed E-state index contributed by atoms with van der Waals surface area (Å²) in [5, 5.41) is 3.64. The van der Waals surface area contributed by atoms with Gasteiger partial charge in [-0.25, -0.2) is 0 Å². The number of carbonyl (C=O) groups is 1. The summed E-state index contributed by atoms with van der Waals surface area (Å²) >= 11 is 7.53. The third-order valence-electron chi connectivity index (χ3n) is 3.48. The van der Waals surface area contributed by atoms with Crippen LogP contribution >= 0.6 is 23.4 Å². The molecule has 6 heteroatoms. The van der Waals surface area contributed by atoms with Crippen LogP contribution in [0.5, 0.6) is 11.5 Å². The number of rotatable bonds is 9. The van der Waals surface area contributed by atoms with E-state index >= 15 is 0 Å². The molecule has 0 radical (unpaired) electrons. The van der Waals surface area contributed by atoms with Crippen molar-refractivity contribution < 1.29 is 14.3 Å². The Balaban J connectivity index is 1.75. The molecule has 2 rings (SSSR count). The molecule has 0 heterocycles. The molecule has 1 N–H and O–H groups in total. The van der Waals surface area contributed by atoms with Crippen molar-refractivity contribution in [1.82, 2.24) is 5.32 Å². The first-order chi connectivity index (χ1) is 12.1. The average molecular weight is 380 g/mol. The van der Waals surface area contributed by atoms with E-state index in [0.717, 1.165) is 21.4 Å². The predicted octanol–water partition coefficient (Wildman–Crippen LogP) is 4.41. The van der Waals surface area contributed by atoms with E-state index in [1.807, 2.05) is 43.3 Å². The van der Waals surface area contributed by atoms with Crippen LogP contribution in [0.2, 0.25) is 5.02 Å². The first-order valence-corrected chi connectivity index (χ1v) is 9.45. The Morgan fingerprint density at radius 2 is 1.76 bits per heavy atom. The summed E-state index contributed by atoms with van der Waals surface area (Å²) in [5.74, 6) is 2.09. The standard InChI is InChI=1S/C19H22ClNO3S/c1-3-18(24-16-8-6-15(23-2)7-9-16)19(22)21-12-13-25-17-10-4-14(20)5-11-17/h4-11,18H,3,12-13H2,1-2H3,(H,21,22). The van der Waals surface area contributed by atoms with Gasteiger partial charge in [-0.3, -0.25) is 4.79 Å². The van der Waals surface area contributed by atoms with Gasteiger partial charge in [0.25, 0.3) is 5.91 Å². The topological polar surface area (TPSA) is 47.6 Å². The predicted molar refractivity (Wildman–Crippen MR) is 103 cm³/mol. The SMILES string of the molecule is CCC(Oc1ccc(OC)cc1)C(=O)NCCSc1ccc(Cl)cc1. The van der Waals surface area contributed by atoms with Gasteiger partial charge >= 0.3 is 0 Å². The van der Waals surface area contributed by atoms with Crippen LogP contribution in [0, 0.1) is 0 Å². The molecule has 4 nitrogen and oxygen atoms in total. The number of hydrogen-bond donors (Lipinski definition) is 1. The Kier molecular flexibility index (Phi) is 7.95. The van der Waals surface area contributed by atoms with Gasteiger partial charge < -0.3 is 14.8 Å². The molecule has 2 aromatic carbocycles. The molecule has 134 valence electrons. The molecular formula is C19H22ClNO3S. The Labute approximate surface area is 157 Å². The number of nitrogens with one attached hydrogen (secondary N) is 1. The highest BCUT2D eigenvalue weighted by Crippen LogP contribution is 2.20. The van der Waals surface area contributed by atoms with E-state index in [2.05, 4.69) is 5.32 Å². The molecule has 0 aliphatic rings. The zero-order chi connectivity index (χ0) is 18.1. The fourth-order valence-electron chi connectivity index (χ4n) is 2.13. The lowest BCUT2D eigenvalue weighted by Gasteiger charge is -2.17. The van der Waals surface area contributed by atoms with Crippen LogP contribution in [-0.2, 0) is 4.79 Å². The van der Waals surface area contributed by atoms with E-state index in [4.69, 9.17) is 21.1 Å². The monoisotopic (exact) mass is 379 g/mol. The number of ether oxygens (including phenoxy) is 2. The maximum absolute atomic E-state index is 12.3. The normalized spacial score (nSPS) is 11.6. The highest BCUT2D eigenvalue weighted by Gasteiger charge is 2.17. The summed E-state index contributed by atoms with van der Waals surface area (Å²) in [6.45, 7) is 2.50. The van der Waals surface area contributed by atoms with Crippen molar-refractivity contribution >= 4 is 29.3 Å². The number of hydrogen-bond acceptors (Lipinski definition) is 4. The Bertz CT molecular complexity index is 661. The molecule has 1 unspecified atom stereocenters. The molecular weight excluding hydrogens is 358 g/mol. The van der Waals surface area contributed by atoms with E-state index in [-0.39, 0.29) is 5.91 Å². The van der Waals surface area contributed by atoms with Crippen LogP contribution in [0.25, 0.3) is 0 Å². The van der Waals surface area contributed by atoms with E-state index in [9.17, 15) is 4.79 Å². The van der Waals surface area contributed by atoms with Gasteiger partial charge in [0.1, 0.15) is 11.5 Å². The van der Waals surface area contributed by atoms with Gasteiger partial charge in [-0.1, -0.05) is 18.5 Å². The molecule has 0 saturated carbocycles. The third kappa shape index (κ3) is 6.52. The van der Waals surface area contributed by atoms with Crippen LogP contribution in [0.15, 0.2) is 53.4 Å². The third-order valence-corrected chi connectivity index (χ3v) is 4.75. The summed E-state index contributed by atoms with van der Waals surface area (Å²) in [5.41, 5.74) is 0. The lowest BCUT2D eigenvalue weighted by atomic mass is 10.2. The lowest BCUT2D eigenvalue weighted by molar-refractivity contribution is -0.127. The number of thioether (sulfide) groups is 1. The molecule has 25 heavy (non-hydrogen) atoms. The molecule has 0 spiro atoms. The second-order valence-corrected chi connectivity index (χ2v) is 6.89. The highest BCUT2D eigenvalue weighted by molar-refractivity contribution is 7.99. The minimum absolute atomic E-state index is 0.102. The second-order valence-electron chi connectivity index (χ2n) is 5.28. The molecule has 2 aromatic rings. The summed E-state index contributed by atoms with van der Waals surface area (Å²) in [7, 11) is 1.61. The first kappa shape index (κ1) is 19.5. The van der Waals surface area contributed by atoms with Crippen molar-refractivity contribution in [3.8, 4) is 11.5 Å². The number of halogens is 1. The van der Waals surface area contributed by atoms with Crippen LogP contribution in [-0.4, -0.2) is 31.4 Å². The van der Waals surface area contributed by atoms with Gasteiger partial charge in [0.05, 0.1) is 7.11 Å². The summed E-state index contributed by atoms with van der Waals surface area (Å²) in [6, 6.07) is 14.9. The summed E-state index contributed by atoms with van der Waals surface area (Å²) in [6.07, 6.45) is 0.0938. The van der Waals surface area contributed by atoms with Crippen LogP contribution in [0.3, 0.4) is 0 Å². The maximum atomic E-state index is 12.3. The number of benzene rings is 2. The average Bonchev–Trinajstić information content (AvgIpc) is 2.65. The van der Waals surface area contributed by atoms with Crippen molar-refractivity contribution in [3.05, 3.63) is 53.6 Å². The molecule has 1 atom stereocenters. The lowest BCUT2D eigenvalue weighted by Crippen LogP contribution is -2.39. The van der Waals surface area contributed by atoms with Gasteiger partial charge in [0.2, 0.25) is 0 Å². The fraction of sp³-hybridized carbons (Fsp3) is 0.316. The minimum Gasteiger partial charge on any atom is -0.497 e. The highest BCUT2D eigenvalue weighted by atomic mass is 35.5. The van der Waals surface area contributed by atoms with Crippen molar-refractivity contribution in [2.45, 2.75) is 24.3 Å². The quantitative estimate of drug-likeness (QED) is 0.517. The molecule has 0 fully saturated rings. The molecule has 1 amide bonds. The van der Waals surface area contributed by atoms with Crippen molar-refractivity contribution in [3.63, 3.8) is 0 Å². The molecule has 0 bridgehead atoms. The van der Waals surface area contributed by atoms with E-state index in [1.165, 1.54) is 0 Å². The molecule has 0 aliphatic carbocycles. The zero-order valence-electron chi connectivity index (χ0n) is 14.3. The van der Waals surface area contributed by atoms with Crippen LogP contribution in [0.1, 0.15) is 13.3 Å². The number of amides is 1. The van der Waals surface area contributed by atoms with E-state index in [0.29, 0.717) is 18.7 Å². The Morgan fingerprint density at radius 3 is 2.36 bits per heavy atom. The van der Waals surface area contributed by atoms with Gasteiger partial charge in [-0.2, -0.15) is 0 Å². The van der Waals surface area contributed by atoms with Crippen LogP contribution < -0.4 is 14.8 Å². The Morgan fingerprint density at radius 1 is 1.12 bits per heavy atom. The van der Waals surface area contributed by atoms with Crippen molar-refractivity contribution in [2.75, 3.05) is 19.4 Å². The van der Waals surface area contributed by atoms with Gasteiger partial charge in [-0.05, 0) is 55.0 Å². The van der Waals surface area contributed by atoms with E-state index in [1.54, 1.807) is 31.0 Å². The maximum Gasteiger partial charge on any atom is 0.261 e. The Hall–Kier alpha value is -1.85. The smallest absolute Gasteiger partial charge is 0.261 e. The van der Waals surface area contributed by atoms with Crippen LogP contribution in [0.4, 0.5) is 0 Å². The summed E-state index contributed by atoms with van der Waals surface area (Å²) < 4.78 is 10.9. The zero-order valence-corrected chi connectivity index (χ0v) is 15.9. The minimum atomic E-state index is -0.506. The summed E-state index contributed by atoms with van der Waals surface area (Å²) in [4.78, 5) is 13.4. The largest absolute Gasteiger partial charge is 0.497 e. The number of methoxy groups -OCH3 is 1. The van der Waals surface area contributed by atoms with Gasteiger partial charge in [0.15, 0.2) is 6.10 Å². The fourth-order valence-corrected chi connectivity index (χ4v) is 3.02. The molecule has 0 aliphatic heterocycles. The molecule has 0 aromatic heterocycles. The molecule has 0 saturated heterocycles.